The molecule has 0 bridgehead atoms. The van der Waals surface area contributed by atoms with Crippen LogP contribution >= 0.6 is 0 Å². The van der Waals surface area contributed by atoms with Crippen LogP contribution < -0.4 is 0 Å². The second-order valence-corrected chi connectivity index (χ2v) is 5.20. The molecule has 9 heteroatoms. The maximum atomic E-state index is 11.9. The minimum Gasteiger partial charge on any atom is -0.462 e. The van der Waals surface area contributed by atoms with Crippen molar-refractivity contribution in [2.75, 3.05) is 13.2 Å². The summed E-state index contributed by atoms with van der Waals surface area (Å²) in [4.78, 5) is 10.9. The summed E-state index contributed by atoms with van der Waals surface area (Å²) in [5.74, 6) is -0.777. The topological polar surface area (TPSA) is 69.7 Å². The highest BCUT2D eigenvalue weighted by atomic mass is 32.2. The highest BCUT2D eigenvalue weighted by Gasteiger charge is 2.31. The fourth-order valence-electron chi connectivity index (χ4n) is 1.21. The molecular formula is C11H11F3O5S. The Morgan fingerprint density at radius 1 is 1.30 bits per heavy atom. The van der Waals surface area contributed by atoms with Gasteiger partial charge in [0.1, 0.15) is 0 Å². The normalized spacial score (nSPS) is 12.2. The molecule has 0 heterocycles. The number of alkyl halides is 3. The van der Waals surface area contributed by atoms with E-state index in [-0.39, 0.29) is 12.2 Å². The summed E-state index contributed by atoms with van der Waals surface area (Å²) >= 11 is 0. The van der Waals surface area contributed by atoms with Crippen molar-refractivity contribution in [3.8, 4) is 0 Å². The monoisotopic (exact) mass is 312 g/mol. The second kappa shape index (κ2) is 6.23. The van der Waals surface area contributed by atoms with Gasteiger partial charge in [-0.1, -0.05) is 6.07 Å². The van der Waals surface area contributed by atoms with Gasteiger partial charge < -0.3 is 4.74 Å². The number of ether oxygens (including phenoxy) is 1. The molecule has 0 aromatic heterocycles. The first kappa shape index (κ1) is 16.4. The largest absolute Gasteiger partial charge is 0.462 e. The van der Waals surface area contributed by atoms with E-state index in [9.17, 15) is 26.4 Å². The van der Waals surface area contributed by atoms with Crippen LogP contribution in [-0.2, 0) is 19.0 Å². The lowest BCUT2D eigenvalue weighted by molar-refractivity contribution is -0.152. The molecular weight excluding hydrogens is 301 g/mol. The van der Waals surface area contributed by atoms with E-state index in [4.69, 9.17) is 0 Å². The van der Waals surface area contributed by atoms with Crippen molar-refractivity contribution in [3.63, 3.8) is 0 Å². The Balaban J connectivity index is 2.96. The van der Waals surface area contributed by atoms with Gasteiger partial charge in [-0.3, -0.25) is 4.18 Å². The number of carbonyl (C=O) groups is 1. The molecule has 0 atom stereocenters. The Kier molecular flexibility index (Phi) is 5.12. The molecule has 0 aliphatic carbocycles. The summed E-state index contributed by atoms with van der Waals surface area (Å²) < 4.78 is 67.4. The molecule has 20 heavy (non-hydrogen) atoms. The van der Waals surface area contributed by atoms with Gasteiger partial charge >= 0.3 is 12.1 Å². The molecule has 0 aliphatic rings. The van der Waals surface area contributed by atoms with E-state index in [0.29, 0.717) is 0 Å². The first-order valence-electron chi connectivity index (χ1n) is 5.39. The average molecular weight is 312 g/mol. The van der Waals surface area contributed by atoms with Gasteiger partial charge in [-0.25, -0.2) is 4.79 Å². The molecule has 1 aromatic carbocycles. The number of esters is 1. The van der Waals surface area contributed by atoms with Gasteiger partial charge in [0.25, 0.3) is 10.1 Å². The van der Waals surface area contributed by atoms with Gasteiger partial charge in [-0.2, -0.15) is 21.6 Å². The van der Waals surface area contributed by atoms with Gasteiger partial charge in [0, 0.05) is 0 Å². The molecule has 0 amide bonds. The Labute approximate surface area is 113 Å². The van der Waals surface area contributed by atoms with Crippen LogP contribution in [0.25, 0.3) is 0 Å². The van der Waals surface area contributed by atoms with E-state index < -0.39 is 33.8 Å². The van der Waals surface area contributed by atoms with E-state index in [1.54, 1.807) is 6.92 Å². The molecule has 5 nitrogen and oxygen atoms in total. The molecule has 0 aliphatic heterocycles. The number of carbonyl (C=O) groups excluding carboxylic acids is 1. The fraction of sp³-hybridized carbons (Fsp3) is 0.364. The Bertz CT molecular complexity index is 580. The molecule has 0 saturated heterocycles. The number of rotatable bonds is 5. The summed E-state index contributed by atoms with van der Waals surface area (Å²) in [7, 11) is -4.59. The number of halogens is 3. The van der Waals surface area contributed by atoms with Crippen molar-refractivity contribution >= 4 is 16.1 Å². The maximum absolute atomic E-state index is 11.9. The SMILES string of the molecule is CCOC(=O)c1cccc(S(=O)(=O)OCC(F)(F)F)c1. The minimum absolute atomic E-state index is 0.0837. The fourth-order valence-corrected chi connectivity index (χ4v) is 2.15. The predicted molar refractivity (Wildman–Crippen MR) is 61.6 cm³/mol. The van der Waals surface area contributed by atoms with Crippen LogP contribution in [0.5, 0.6) is 0 Å². The molecule has 0 N–H and O–H groups in total. The van der Waals surface area contributed by atoms with Gasteiger partial charge in [-0.15, -0.1) is 0 Å². The van der Waals surface area contributed by atoms with Gasteiger partial charge in [-0.05, 0) is 25.1 Å². The number of hydrogen-bond donors (Lipinski definition) is 0. The third kappa shape index (κ3) is 4.82. The van der Waals surface area contributed by atoms with Gasteiger partial charge in [0.2, 0.25) is 0 Å². The van der Waals surface area contributed by atoms with Crippen molar-refractivity contribution in [2.45, 2.75) is 18.0 Å². The number of benzene rings is 1. The lowest BCUT2D eigenvalue weighted by Gasteiger charge is -2.09. The van der Waals surface area contributed by atoms with Crippen molar-refractivity contribution in [2.24, 2.45) is 0 Å². The highest BCUT2D eigenvalue weighted by molar-refractivity contribution is 7.86. The van der Waals surface area contributed by atoms with Crippen LogP contribution in [0.2, 0.25) is 0 Å². The average Bonchev–Trinajstić information content (AvgIpc) is 2.36. The molecule has 0 unspecified atom stereocenters. The quantitative estimate of drug-likeness (QED) is 0.615. The van der Waals surface area contributed by atoms with Crippen molar-refractivity contribution in [3.05, 3.63) is 29.8 Å². The summed E-state index contributed by atoms with van der Waals surface area (Å²) in [6.45, 7) is -0.287. The number of hydrogen-bond acceptors (Lipinski definition) is 5. The van der Waals surface area contributed by atoms with Crippen molar-refractivity contribution in [1.82, 2.24) is 0 Å². The van der Waals surface area contributed by atoms with E-state index >= 15 is 0 Å². The zero-order valence-corrected chi connectivity index (χ0v) is 11.1. The molecule has 1 rings (SSSR count). The van der Waals surface area contributed by atoms with Gasteiger partial charge in [0.15, 0.2) is 6.61 Å². The van der Waals surface area contributed by atoms with Crippen molar-refractivity contribution in [1.29, 1.82) is 0 Å². The van der Waals surface area contributed by atoms with Crippen molar-refractivity contribution < 1.29 is 35.3 Å². The standard InChI is InChI=1S/C11H11F3O5S/c1-2-18-10(15)8-4-3-5-9(6-8)20(16,17)19-7-11(12,13)14/h3-6H,2,7H2,1H3. The van der Waals surface area contributed by atoms with Crippen LogP contribution in [0.4, 0.5) is 13.2 Å². The first-order valence-corrected chi connectivity index (χ1v) is 6.80. The van der Waals surface area contributed by atoms with Crippen LogP contribution in [-0.4, -0.2) is 33.8 Å². The minimum atomic E-state index is -4.77. The maximum Gasteiger partial charge on any atom is 0.413 e. The molecule has 0 spiro atoms. The lowest BCUT2D eigenvalue weighted by Crippen LogP contribution is -2.20. The van der Waals surface area contributed by atoms with Crippen LogP contribution in [0, 0.1) is 0 Å². The molecule has 0 saturated carbocycles. The summed E-state index contributed by atoms with van der Waals surface area (Å²) in [6.07, 6.45) is -4.77. The van der Waals surface area contributed by atoms with E-state index in [1.165, 1.54) is 12.1 Å². The molecule has 0 radical (unpaired) electrons. The summed E-state index contributed by atoms with van der Waals surface area (Å²) in [6, 6.07) is 4.40. The third-order valence-electron chi connectivity index (χ3n) is 2.01. The summed E-state index contributed by atoms with van der Waals surface area (Å²) in [5, 5.41) is 0. The van der Waals surface area contributed by atoms with Gasteiger partial charge in [0.05, 0.1) is 17.1 Å². The van der Waals surface area contributed by atoms with E-state index in [2.05, 4.69) is 8.92 Å². The Morgan fingerprint density at radius 3 is 2.50 bits per heavy atom. The molecule has 112 valence electrons. The second-order valence-electron chi connectivity index (χ2n) is 3.58. The van der Waals surface area contributed by atoms with E-state index in [0.717, 1.165) is 12.1 Å². The molecule has 0 fully saturated rings. The predicted octanol–water partition coefficient (Wildman–Crippen LogP) is 2.13. The van der Waals surface area contributed by atoms with Crippen LogP contribution in [0.15, 0.2) is 29.2 Å². The summed E-state index contributed by atoms with van der Waals surface area (Å²) in [5.41, 5.74) is -0.0940. The molecule has 1 aromatic rings. The zero-order chi connectivity index (χ0) is 15.4. The third-order valence-corrected chi connectivity index (χ3v) is 3.27. The highest BCUT2D eigenvalue weighted by Crippen LogP contribution is 2.20. The smallest absolute Gasteiger partial charge is 0.413 e. The zero-order valence-electron chi connectivity index (χ0n) is 10.3. The van der Waals surface area contributed by atoms with Crippen LogP contribution in [0.3, 0.4) is 0 Å². The Hall–Kier alpha value is -1.61. The first-order chi connectivity index (χ1) is 9.15. The lowest BCUT2D eigenvalue weighted by atomic mass is 10.2. The Morgan fingerprint density at radius 2 is 1.95 bits per heavy atom. The van der Waals surface area contributed by atoms with E-state index in [1.807, 2.05) is 0 Å². The van der Waals surface area contributed by atoms with Crippen LogP contribution in [0.1, 0.15) is 17.3 Å².